The number of hydrogen-bond acceptors (Lipinski definition) is 5. The molecule has 1 aromatic carbocycles. The summed E-state index contributed by atoms with van der Waals surface area (Å²) in [6.45, 7) is 5.31. The number of carbonyl (C=O) groups is 1. The van der Waals surface area contributed by atoms with Gasteiger partial charge in [0.15, 0.2) is 5.82 Å². The number of aryl methyl sites for hydroxylation is 1. The van der Waals surface area contributed by atoms with E-state index in [1.54, 1.807) is 10.6 Å². The summed E-state index contributed by atoms with van der Waals surface area (Å²) in [6, 6.07) is 7.34. The summed E-state index contributed by atoms with van der Waals surface area (Å²) in [4.78, 5) is 25.6. The molecule has 0 unspecified atom stereocenters. The van der Waals surface area contributed by atoms with Crippen LogP contribution >= 0.6 is 0 Å². The number of hydrogen-bond donors (Lipinski definition) is 1. The minimum atomic E-state index is -0.877. The van der Waals surface area contributed by atoms with Gasteiger partial charge in [0, 0.05) is 6.54 Å². The Morgan fingerprint density at radius 2 is 2.00 bits per heavy atom. The van der Waals surface area contributed by atoms with Crippen LogP contribution < -0.4 is 5.56 Å². The first-order chi connectivity index (χ1) is 12.1. The zero-order valence-corrected chi connectivity index (χ0v) is 14.3. The zero-order chi connectivity index (χ0) is 18.0. The molecule has 0 aliphatic rings. The number of aromatic nitrogens is 4. The number of aliphatic carboxylic acids is 1. The molecule has 1 N–H and O–H groups in total. The minimum absolute atomic E-state index is 0.0614. The number of rotatable bonds is 7. The molecule has 0 bridgehead atoms. The van der Waals surface area contributed by atoms with Gasteiger partial charge in [0.1, 0.15) is 0 Å². The molecule has 132 valence electrons. The summed E-state index contributed by atoms with van der Waals surface area (Å²) in [5, 5.41) is 18.1. The van der Waals surface area contributed by atoms with E-state index in [0.29, 0.717) is 36.6 Å². The molecular weight excluding hydrogens is 322 g/mol. The van der Waals surface area contributed by atoms with Crippen LogP contribution in [-0.2, 0) is 17.9 Å². The SMILES string of the molecule is CCCN(CC(=O)O)Cc1nnc2n(CC)c(=O)c3ccccc3n12. The molecule has 0 spiro atoms. The number of nitrogens with zero attached hydrogens (tertiary/aromatic N) is 5. The van der Waals surface area contributed by atoms with Crippen LogP contribution in [0.25, 0.3) is 16.7 Å². The van der Waals surface area contributed by atoms with Crippen molar-refractivity contribution in [1.82, 2.24) is 24.1 Å². The molecule has 2 heterocycles. The second-order valence-electron chi connectivity index (χ2n) is 5.92. The molecule has 0 aliphatic heterocycles. The predicted molar refractivity (Wildman–Crippen MR) is 93.6 cm³/mol. The Labute approximate surface area is 144 Å². The largest absolute Gasteiger partial charge is 0.480 e. The summed E-state index contributed by atoms with van der Waals surface area (Å²) in [5.74, 6) is 0.230. The lowest BCUT2D eigenvalue weighted by atomic mass is 10.2. The first kappa shape index (κ1) is 17.1. The van der Waals surface area contributed by atoms with Gasteiger partial charge in [0.2, 0.25) is 5.78 Å². The first-order valence-corrected chi connectivity index (χ1v) is 8.36. The van der Waals surface area contributed by atoms with Gasteiger partial charge in [-0.1, -0.05) is 19.1 Å². The highest BCUT2D eigenvalue weighted by Gasteiger charge is 2.18. The molecule has 3 rings (SSSR count). The van der Waals surface area contributed by atoms with E-state index in [2.05, 4.69) is 10.2 Å². The van der Waals surface area contributed by atoms with Crippen LogP contribution in [0.2, 0.25) is 0 Å². The maximum Gasteiger partial charge on any atom is 0.317 e. The Balaban J connectivity index is 2.18. The molecule has 0 fully saturated rings. The van der Waals surface area contributed by atoms with Crippen LogP contribution in [0.5, 0.6) is 0 Å². The van der Waals surface area contributed by atoms with E-state index in [-0.39, 0.29) is 12.1 Å². The topological polar surface area (TPSA) is 92.7 Å². The standard InChI is InChI=1S/C17H21N5O3/c1-3-9-20(11-15(23)24)10-14-18-19-17-21(4-2)16(25)12-7-5-6-8-13(12)22(14)17/h5-8H,3-4,9-11H2,1-2H3,(H,23,24). The van der Waals surface area contributed by atoms with Crippen molar-refractivity contribution in [3.63, 3.8) is 0 Å². The average molecular weight is 343 g/mol. The van der Waals surface area contributed by atoms with E-state index >= 15 is 0 Å². The summed E-state index contributed by atoms with van der Waals surface area (Å²) in [7, 11) is 0. The highest BCUT2D eigenvalue weighted by molar-refractivity contribution is 5.80. The fraction of sp³-hybridized carbons (Fsp3) is 0.412. The van der Waals surface area contributed by atoms with Gasteiger partial charge < -0.3 is 5.11 Å². The third-order valence-electron chi connectivity index (χ3n) is 4.15. The lowest BCUT2D eigenvalue weighted by Gasteiger charge is -2.18. The second-order valence-corrected chi connectivity index (χ2v) is 5.92. The summed E-state index contributed by atoms with van der Waals surface area (Å²) in [6.07, 6.45) is 0.838. The minimum Gasteiger partial charge on any atom is -0.480 e. The van der Waals surface area contributed by atoms with Crippen molar-refractivity contribution in [3.8, 4) is 0 Å². The van der Waals surface area contributed by atoms with E-state index in [1.807, 2.05) is 41.3 Å². The third-order valence-corrected chi connectivity index (χ3v) is 4.15. The fourth-order valence-electron chi connectivity index (χ4n) is 3.12. The van der Waals surface area contributed by atoms with Crippen LogP contribution in [0.3, 0.4) is 0 Å². The van der Waals surface area contributed by atoms with E-state index in [0.717, 1.165) is 11.9 Å². The molecule has 0 saturated carbocycles. The first-order valence-electron chi connectivity index (χ1n) is 8.36. The van der Waals surface area contributed by atoms with Gasteiger partial charge >= 0.3 is 5.97 Å². The van der Waals surface area contributed by atoms with Crippen molar-refractivity contribution in [2.75, 3.05) is 13.1 Å². The van der Waals surface area contributed by atoms with Crippen molar-refractivity contribution in [1.29, 1.82) is 0 Å². The third kappa shape index (κ3) is 3.12. The summed E-state index contributed by atoms with van der Waals surface area (Å²) in [5.41, 5.74) is 0.638. The number of fused-ring (bicyclic) bond motifs is 3. The molecule has 0 aliphatic carbocycles. The molecule has 8 heteroatoms. The number of para-hydroxylation sites is 1. The highest BCUT2D eigenvalue weighted by atomic mass is 16.4. The quantitative estimate of drug-likeness (QED) is 0.696. The monoisotopic (exact) mass is 343 g/mol. The Kier molecular flexibility index (Phi) is 4.80. The molecule has 0 amide bonds. The van der Waals surface area contributed by atoms with Crippen molar-refractivity contribution in [3.05, 3.63) is 40.4 Å². The van der Waals surface area contributed by atoms with Crippen LogP contribution in [0.1, 0.15) is 26.1 Å². The van der Waals surface area contributed by atoms with Gasteiger partial charge in [0.25, 0.3) is 5.56 Å². The zero-order valence-electron chi connectivity index (χ0n) is 14.3. The van der Waals surface area contributed by atoms with E-state index < -0.39 is 5.97 Å². The molecule has 3 aromatic rings. The fourth-order valence-corrected chi connectivity index (χ4v) is 3.12. The molecular formula is C17H21N5O3. The van der Waals surface area contributed by atoms with Crippen LogP contribution in [0.15, 0.2) is 29.1 Å². The van der Waals surface area contributed by atoms with Gasteiger partial charge in [-0.05, 0) is 32.0 Å². The lowest BCUT2D eigenvalue weighted by molar-refractivity contribution is -0.138. The molecule has 0 saturated heterocycles. The Morgan fingerprint density at radius 3 is 2.68 bits per heavy atom. The molecule has 2 aromatic heterocycles. The molecule has 8 nitrogen and oxygen atoms in total. The van der Waals surface area contributed by atoms with Crippen molar-refractivity contribution in [2.24, 2.45) is 0 Å². The number of carboxylic acid groups (broad SMARTS) is 1. The van der Waals surface area contributed by atoms with Crippen molar-refractivity contribution >= 4 is 22.6 Å². The van der Waals surface area contributed by atoms with E-state index in [1.165, 1.54) is 0 Å². The maximum absolute atomic E-state index is 12.6. The van der Waals surface area contributed by atoms with Crippen molar-refractivity contribution < 1.29 is 9.90 Å². The van der Waals surface area contributed by atoms with Crippen LogP contribution in [0.4, 0.5) is 0 Å². The normalized spacial score (nSPS) is 11.6. The smallest absolute Gasteiger partial charge is 0.317 e. The lowest BCUT2D eigenvalue weighted by Crippen LogP contribution is -2.31. The number of benzene rings is 1. The Bertz CT molecular complexity index is 975. The highest BCUT2D eigenvalue weighted by Crippen LogP contribution is 2.15. The van der Waals surface area contributed by atoms with Gasteiger partial charge in [-0.2, -0.15) is 0 Å². The Hall–Kier alpha value is -2.74. The van der Waals surface area contributed by atoms with E-state index in [4.69, 9.17) is 5.11 Å². The van der Waals surface area contributed by atoms with Gasteiger partial charge in [-0.15, -0.1) is 10.2 Å². The number of carboxylic acids is 1. The van der Waals surface area contributed by atoms with E-state index in [9.17, 15) is 9.59 Å². The molecule has 0 atom stereocenters. The molecule has 0 radical (unpaired) electrons. The predicted octanol–water partition coefficient (Wildman–Crippen LogP) is 1.36. The van der Waals surface area contributed by atoms with Crippen LogP contribution in [-0.4, -0.2) is 48.2 Å². The average Bonchev–Trinajstić information content (AvgIpc) is 2.99. The second kappa shape index (κ2) is 7.02. The summed E-state index contributed by atoms with van der Waals surface area (Å²) < 4.78 is 3.44. The summed E-state index contributed by atoms with van der Waals surface area (Å²) >= 11 is 0. The van der Waals surface area contributed by atoms with Gasteiger partial charge in [-0.3, -0.25) is 23.5 Å². The Morgan fingerprint density at radius 1 is 1.24 bits per heavy atom. The maximum atomic E-state index is 12.6. The molecule has 25 heavy (non-hydrogen) atoms. The van der Waals surface area contributed by atoms with Crippen molar-refractivity contribution in [2.45, 2.75) is 33.4 Å². The van der Waals surface area contributed by atoms with Gasteiger partial charge in [0.05, 0.1) is 24.0 Å². The van der Waals surface area contributed by atoms with Crippen LogP contribution in [0, 0.1) is 0 Å². The van der Waals surface area contributed by atoms with Gasteiger partial charge in [-0.25, -0.2) is 0 Å².